The predicted molar refractivity (Wildman–Crippen MR) is 124 cm³/mol. The van der Waals surface area contributed by atoms with E-state index in [2.05, 4.69) is 10.5 Å². The molecule has 180 valence electrons. The molecule has 33 heavy (non-hydrogen) atoms. The molecule has 0 fully saturated rings. The summed E-state index contributed by atoms with van der Waals surface area (Å²) in [6.45, 7) is 5.01. The Morgan fingerprint density at radius 3 is 2.27 bits per heavy atom. The van der Waals surface area contributed by atoms with Crippen LogP contribution in [0.1, 0.15) is 38.3 Å². The van der Waals surface area contributed by atoms with Crippen molar-refractivity contribution in [3.05, 3.63) is 64.7 Å². The van der Waals surface area contributed by atoms with Crippen molar-refractivity contribution in [2.45, 2.75) is 38.8 Å². The van der Waals surface area contributed by atoms with Crippen molar-refractivity contribution in [1.29, 1.82) is 0 Å². The number of nitrogens with one attached hydrogen (secondary N) is 1. The SMILES string of the molecule is C/C(CC(C)(C)c1ccccc1)=N/NC(=O)CN(c1ccc(Cl)c(C(F)(F)F)c1)S(C)(=O)=O. The standard InChI is InChI=1S/C22H25ClF3N3O3S/c1-15(13-21(2,3)16-8-6-5-7-9-16)27-28-20(30)14-29(33(4,31)32)17-10-11-19(23)18(12-17)22(24,25)26/h5-12H,13-14H2,1-4H3,(H,28,30)/b27-15-. The molecule has 0 radical (unpaired) electrons. The number of hydrazone groups is 1. The van der Waals surface area contributed by atoms with E-state index in [1.54, 1.807) is 6.92 Å². The Morgan fingerprint density at radius 1 is 1.12 bits per heavy atom. The Hall–Kier alpha value is -2.59. The number of rotatable bonds is 8. The van der Waals surface area contributed by atoms with Gasteiger partial charge < -0.3 is 0 Å². The zero-order valence-electron chi connectivity index (χ0n) is 18.6. The van der Waals surface area contributed by atoms with Gasteiger partial charge in [-0.3, -0.25) is 9.10 Å². The van der Waals surface area contributed by atoms with E-state index in [4.69, 9.17) is 11.6 Å². The third-order valence-corrected chi connectivity index (χ3v) is 6.33. The number of hydrogen-bond donors (Lipinski definition) is 1. The smallest absolute Gasteiger partial charge is 0.271 e. The van der Waals surface area contributed by atoms with Crippen molar-refractivity contribution in [2.24, 2.45) is 5.10 Å². The largest absolute Gasteiger partial charge is 0.417 e. The first-order valence-corrected chi connectivity index (χ1v) is 12.1. The van der Waals surface area contributed by atoms with Gasteiger partial charge in [-0.05, 0) is 42.5 Å². The van der Waals surface area contributed by atoms with Gasteiger partial charge in [0.05, 0.1) is 22.5 Å². The summed E-state index contributed by atoms with van der Waals surface area (Å²) in [4.78, 5) is 12.4. The lowest BCUT2D eigenvalue weighted by Gasteiger charge is -2.25. The molecule has 0 atom stereocenters. The van der Waals surface area contributed by atoms with Gasteiger partial charge in [0.2, 0.25) is 10.0 Å². The second-order valence-electron chi connectivity index (χ2n) is 8.24. The van der Waals surface area contributed by atoms with Crippen molar-refractivity contribution >= 4 is 38.9 Å². The number of anilines is 1. The molecule has 2 rings (SSSR count). The van der Waals surface area contributed by atoms with E-state index in [1.165, 1.54) is 0 Å². The Kier molecular flexibility index (Phi) is 8.18. The van der Waals surface area contributed by atoms with Crippen LogP contribution in [0.5, 0.6) is 0 Å². The maximum Gasteiger partial charge on any atom is 0.417 e. The van der Waals surface area contributed by atoms with Crippen LogP contribution < -0.4 is 9.73 Å². The van der Waals surface area contributed by atoms with Crippen LogP contribution in [-0.2, 0) is 26.4 Å². The maximum atomic E-state index is 13.2. The highest BCUT2D eigenvalue weighted by molar-refractivity contribution is 7.92. The Labute approximate surface area is 196 Å². The third-order valence-electron chi connectivity index (χ3n) is 4.86. The average Bonchev–Trinajstić information content (AvgIpc) is 2.70. The Balaban J connectivity index is 2.17. The molecule has 0 aliphatic rings. The van der Waals surface area contributed by atoms with E-state index in [9.17, 15) is 26.4 Å². The molecule has 2 aromatic carbocycles. The van der Waals surface area contributed by atoms with Crippen LogP contribution in [0.15, 0.2) is 53.6 Å². The van der Waals surface area contributed by atoms with Crippen molar-refractivity contribution in [1.82, 2.24) is 5.43 Å². The molecule has 0 bridgehead atoms. The van der Waals surface area contributed by atoms with Gasteiger partial charge in [-0.15, -0.1) is 0 Å². The van der Waals surface area contributed by atoms with Crippen molar-refractivity contribution in [2.75, 3.05) is 17.1 Å². The number of amides is 1. The molecule has 0 aliphatic heterocycles. The molecule has 11 heteroatoms. The van der Waals surface area contributed by atoms with Crippen LogP contribution in [0.25, 0.3) is 0 Å². The lowest BCUT2D eigenvalue weighted by atomic mass is 9.80. The van der Waals surface area contributed by atoms with E-state index >= 15 is 0 Å². The zero-order valence-corrected chi connectivity index (χ0v) is 20.1. The summed E-state index contributed by atoms with van der Waals surface area (Å²) in [5.74, 6) is -0.805. The summed E-state index contributed by atoms with van der Waals surface area (Å²) in [7, 11) is -4.08. The first-order chi connectivity index (χ1) is 15.1. The first kappa shape index (κ1) is 26.7. The quantitative estimate of drug-likeness (QED) is 0.407. The molecule has 0 saturated heterocycles. The maximum absolute atomic E-state index is 13.2. The zero-order chi connectivity index (χ0) is 25.0. The number of halogens is 4. The summed E-state index contributed by atoms with van der Waals surface area (Å²) in [6.07, 6.45) is -3.48. The molecule has 6 nitrogen and oxygen atoms in total. The van der Waals surface area contributed by atoms with Gasteiger partial charge in [-0.25, -0.2) is 13.8 Å². The first-order valence-electron chi connectivity index (χ1n) is 9.83. The minimum atomic E-state index is -4.79. The van der Waals surface area contributed by atoms with Crippen molar-refractivity contribution in [3.63, 3.8) is 0 Å². The van der Waals surface area contributed by atoms with Gasteiger partial charge in [-0.2, -0.15) is 18.3 Å². The van der Waals surface area contributed by atoms with Crippen LogP contribution in [0.4, 0.5) is 18.9 Å². The minimum absolute atomic E-state index is 0.268. The highest BCUT2D eigenvalue weighted by atomic mass is 35.5. The molecule has 0 aliphatic carbocycles. The van der Waals surface area contributed by atoms with Gasteiger partial charge in [-0.1, -0.05) is 55.8 Å². The number of hydrogen-bond acceptors (Lipinski definition) is 4. The molecule has 0 saturated carbocycles. The molecule has 0 unspecified atom stereocenters. The van der Waals surface area contributed by atoms with E-state index in [1.807, 2.05) is 44.2 Å². The fourth-order valence-corrected chi connectivity index (χ4v) is 4.35. The van der Waals surface area contributed by atoms with Crippen LogP contribution in [0.2, 0.25) is 5.02 Å². The van der Waals surface area contributed by atoms with E-state index < -0.39 is 39.2 Å². The molecule has 0 aromatic heterocycles. The Bertz CT molecular complexity index is 1130. The minimum Gasteiger partial charge on any atom is -0.271 e. The number of benzene rings is 2. The second-order valence-corrected chi connectivity index (χ2v) is 10.6. The summed E-state index contributed by atoms with van der Waals surface area (Å²) >= 11 is 5.60. The molecule has 2 aromatic rings. The van der Waals surface area contributed by atoms with E-state index in [0.717, 1.165) is 24.0 Å². The van der Waals surface area contributed by atoms with Gasteiger partial charge >= 0.3 is 6.18 Å². The number of nitrogens with zero attached hydrogens (tertiary/aromatic N) is 2. The lowest BCUT2D eigenvalue weighted by Crippen LogP contribution is -2.39. The van der Waals surface area contributed by atoms with Crippen molar-refractivity contribution in [3.8, 4) is 0 Å². The summed E-state index contributed by atoms with van der Waals surface area (Å²) in [5, 5.41) is 3.45. The van der Waals surface area contributed by atoms with Gasteiger partial charge in [0.1, 0.15) is 6.54 Å². The van der Waals surface area contributed by atoms with Gasteiger partial charge in [0.15, 0.2) is 0 Å². The summed E-state index contributed by atoms with van der Waals surface area (Å²) in [5.41, 5.74) is 2.15. The molecule has 1 N–H and O–H groups in total. The monoisotopic (exact) mass is 503 g/mol. The van der Waals surface area contributed by atoms with Crippen LogP contribution in [0, 0.1) is 0 Å². The van der Waals surface area contributed by atoms with Gasteiger partial charge in [0, 0.05) is 5.71 Å². The number of alkyl halides is 3. The molecule has 1 amide bonds. The molecular weight excluding hydrogens is 479 g/mol. The van der Waals surface area contributed by atoms with Gasteiger partial charge in [0.25, 0.3) is 5.91 Å². The fourth-order valence-electron chi connectivity index (χ4n) is 3.28. The lowest BCUT2D eigenvalue weighted by molar-refractivity contribution is -0.137. The normalized spacial score (nSPS) is 13.0. The fraction of sp³-hybridized carbons (Fsp3) is 0.364. The third kappa shape index (κ3) is 7.46. The molecule has 0 spiro atoms. The average molecular weight is 504 g/mol. The highest BCUT2D eigenvalue weighted by Crippen LogP contribution is 2.37. The summed E-state index contributed by atoms with van der Waals surface area (Å²) in [6, 6.07) is 12.3. The van der Waals surface area contributed by atoms with Crippen LogP contribution in [-0.4, -0.2) is 32.8 Å². The Morgan fingerprint density at radius 2 is 1.73 bits per heavy atom. The van der Waals surface area contributed by atoms with Crippen LogP contribution >= 0.6 is 11.6 Å². The number of carbonyl (C=O) groups excluding carboxylic acids is 1. The predicted octanol–water partition coefficient (Wildman–Crippen LogP) is 4.98. The number of carbonyl (C=O) groups is 1. The topological polar surface area (TPSA) is 78.8 Å². The molecule has 0 heterocycles. The second kappa shape index (κ2) is 10.1. The number of sulfonamides is 1. The van der Waals surface area contributed by atoms with Crippen molar-refractivity contribution < 1.29 is 26.4 Å². The van der Waals surface area contributed by atoms with E-state index in [0.29, 0.717) is 22.5 Å². The molecular formula is C22H25ClF3N3O3S. The van der Waals surface area contributed by atoms with Crippen LogP contribution in [0.3, 0.4) is 0 Å². The summed E-state index contributed by atoms with van der Waals surface area (Å²) < 4.78 is 64.5. The van der Waals surface area contributed by atoms with E-state index in [-0.39, 0.29) is 11.1 Å². The highest BCUT2D eigenvalue weighted by Gasteiger charge is 2.34.